The normalized spacial score (nSPS) is 10.9. The highest BCUT2D eigenvalue weighted by Gasteiger charge is 2.16. The average Bonchev–Trinajstić information content (AvgIpc) is 3.03. The molecule has 1 amide bonds. The number of amides is 1. The summed E-state index contributed by atoms with van der Waals surface area (Å²) >= 11 is 0. The molecule has 0 saturated carbocycles. The summed E-state index contributed by atoms with van der Waals surface area (Å²) in [6, 6.07) is 12.6. The first-order chi connectivity index (χ1) is 13.4. The van der Waals surface area contributed by atoms with Crippen LogP contribution in [0.3, 0.4) is 0 Å². The van der Waals surface area contributed by atoms with Crippen LogP contribution < -0.4 is 16.2 Å². The van der Waals surface area contributed by atoms with Crippen molar-refractivity contribution < 1.29 is 14.6 Å². The van der Waals surface area contributed by atoms with Gasteiger partial charge in [-0.2, -0.15) is 5.10 Å². The van der Waals surface area contributed by atoms with Crippen molar-refractivity contribution in [1.29, 1.82) is 0 Å². The van der Waals surface area contributed by atoms with Gasteiger partial charge in [-0.05, 0) is 53.9 Å². The monoisotopic (exact) mass is 375 g/mol. The summed E-state index contributed by atoms with van der Waals surface area (Å²) in [6.07, 6.45) is 0.611. The van der Waals surface area contributed by atoms with E-state index in [-0.39, 0.29) is 11.6 Å². The number of benzene rings is 2. The van der Waals surface area contributed by atoms with Gasteiger partial charge in [0.2, 0.25) is 5.88 Å². The number of hydrogen-bond donors (Lipinski definition) is 4. The highest BCUT2D eigenvalue weighted by molar-refractivity contribution is 6.02. The Morgan fingerprint density at radius 2 is 1.96 bits per heavy atom. The summed E-state index contributed by atoms with van der Waals surface area (Å²) in [7, 11) is 0. The zero-order valence-corrected chi connectivity index (χ0v) is 14.9. The number of nitrogen functional groups attached to an aromatic ring is 1. The molecule has 0 aliphatic heterocycles. The molecule has 0 saturated heterocycles. The number of nitrogens with zero attached hydrogens (tertiary/aromatic N) is 2. The van der Waals surface area contributed by atoms with Crippen molar-refractivity contribution in [3.05, 3.63) is 54.2 Å². The Morgan fingerprint density at radius 3 is 2.71 bits per heavy atom. The van der Waals surface area contributed by atoms with E-state index < -0.39 is 6.09 Å². The third kappa shape index (κ3) is 2.96. The molecule has 8 nitrogen and oxygen atoms in total. The van der Waals surface area contributed by atoms with E-state index in [1.165, 1.54) is 6.20 Å². The Hall–Kier alpha value is -4.07. The van der Waals surface area contributed by atoms with Crippen molar-refractivity contribution in [3.63, 3.8) is 0 Å². The van der Waals surface area contributed by atoms with Gasteiger partial charge in [-0.3, -0.25) is 5.10 Å². The maximum atomic E-state index is 11.1. The summed E-state index contributed by atoms with van der Waals surface area (Å²) in [5, 5.41) is 17.7. The van der Waals surface area contributed by atoms with Gasteiger partial charge >= 0.3 is 6.09 Å². The van der Waals surface area contributed by atoms with Gasteiger partial charge in [0.15, 0.2) is 5.82 Å². The van der Waals surface area contributed by atoms with Crippen LogP contribution in [0.4, 0.5) is 10.6 Å². The number of anilines is 1. The Labute approximate surface area is 159 Å². The number of fused-ring (bicyclic) bond motifs is 1. The third-order valence-electron chi connectivity index (χ3n) is 4.53. The Balaban J connectivity index is 1.97. The number of pyridine rings is 1. The summed E-state index contributed by atoms with van der Waals surface area (Å²) in [5.41, 5.74) is 15.8. The molecule has 0 unspecified atom stereocenters. The zero-order valence-electron chi connectivity index (χ0n) is 14.9. The number of rotatable bonds is 3. The zero-order chi connectivity index (χ0) is 19.8. The molecule has 0 fully saturated rings. The molecule has 2 aromatic carbocycles. The van der Waals surface area contributed by atoms with E-state index in [2.05, 4.69) is 15.2 Å². The molecule has 2 heterocycles. The molecular weight excluding hydrogens is 358 g/mol. The summed E-state index contributed by atoms with van der Waals surface area (Å²) in [6.45, 7) is 1.79. The molecule has 0 aliphatic rings. The van der Waals surface area contributed by atoms with Crippen LogP contribution in [0, 0.1) is 6.92 Å². The summed E-state index contributed by atoms with van der Waals surface area (Å²) in [5.74, 6) is 0.656. The van der Waals surface area contributed by atoms with Gasteiger partial charge in [-0.1, -0.05) is 12.1 Å². The highest BCUT2D eigenvalue weighted by atomic mass is 16.6. The quantitative estimate of drug-likeness (QED) is 0.433. The molecule has 0 bridgehead atoms. The predicted molar refractivity (Wildman–Crippen MR) is 106 cm³/mol. The first kappa shape index (κ1) is 17.3. The number of H-pyrrole nitrogens is 1. The Morgan fingerprint density at radius 1 is 1.14 bits per heavy atom. The fraction of sp³-hybridized carbons (Fsp3) is 0.0500. The maximum Gasteiger partial charge on any atom is 0.411 e. The molecular formula is C20H17N5O3. The number of nitrogens with one attached hydrogen (secondary N) is 1. The molecule has 0 atom stereocenters. The molecule has 140 valence electrons. The number of aromatic amines is 1. The number of hydrogen-bond acceptors (Lipinski definition) is 6. The minimum Gasteiger partial charge on any atom is -0.508 e. The van der Waals surface area contributed by atoms with Crippen LogP contribution >= 0.6 is 0 Å². The lowest BCUT2D eigenvalue weighted by Gasteiger charge is -2.12. The fourth-order valence-electron chi connectivity index (χ4n) is 3.22. The molecule has 2 aromatic heterocycles. The smallest absolute Gasteiger partial charge is 0.411 e. The van der Waals surface area contributed by atoms with Crippen molar-refractivity contribution in [2.75, 3.05) is 5.73 Å². The third-order valence-corrected chi connectivity index (χ3v) is 4.53. The van der Waals surface area contributed by atoms with Gasteiger partial charge < -0.3 is 21.3 Å². The lowest BCUT2D eigenvalue weighted by atomic mass is 9.94. The van der Waals surface area contributed by atoms with E-state index in [1.807, 2.05) is 24.3 Å². The predicted octanol–water partition coefficient (Wildman–Crippen LogP) is 3.35. The second-order valence-corrected chi connectivity index (χ2v) is 6.32. The number of nitrogens with two attached hydrogens (primary N) is 2. The van der Waals surface area contributed by atoms with Crippen LogP contribution in [-0.4, -0.2) is 26.4 Å². The van der Waals surface area contributed by atoms with Crippen molar-refractivity contribution in [3.8, 4) is 33.9 Å². The van der Waals surface area contributed by atoms with Crippen LogP contribution in [0.1, 0.15) is 5.56 Å². The van der Waals surface area contributed by atoms with Gasteiger partial charge in [-0.15, -0.1) is 0 Å². The van der Waals surface area contributed by atoms with Crippen LogP contribution in [0.5, 0.6) is 11.6 Å². The minimum atomic E-state index is -0.928. The number of phenols is 1. The molecule has 6 N–H and O–H groups in total. The van der Waals surface area contributed by atoms with E-state index in [0.717, 1.165) is 33.2 Å². The second-order valence-electron chi connectivity index (χ2n) is 6.32. The largest absolute Gasteiger partial charge is 0.508 e. The number of carbonyl (C=O) groups is 1. The lowest BCUT2D eigenvalue weighted by Crippen LogP contribution is -2.17. The highest BCUT2D eigenvalue weighted by Crippen LogP contribution is 2.37. The fourth-order valence-corrected chi connectivity index (χ4v) is 3.22. The van der Waals surface area contributed by atoms with Crippen molar-refractivity contribution in [2.24, 2.45) is 5.73 Å². The molecule has 0 radical (unpaired) electrons. The topological polar surface area (TPSA) is 140 Å². The van der Waals surface area contributed by atoms with Gasteiger partial charge in [0.1, 0.15) is 5.75 Å². The van der Waals surface area contributed by atoms with E-state index in [4.69, 9.17) is 16.2 Å². The first-order valence-corrected chi connectivity index (χ1v) is 8.44. The molecule has 0 aliphatic carbocycles. The molecule has 4 rings (SSSR count). The van der Waals surface area contributed by atoms with E-state index in [0.29, 0.717) is 11.4 Å². The molecule has 0 spiro atoms. The number of phenolic OH excluding ortho intramolecular Hbond substituents is 1. The SMILES string of the molecule is Cc1c(-c2cc(-c3cccc(O)c3)c3[nH]nc(N)c3c2)ccnc1OC(N)=O. The Kier molecular flexibility index (Phi) is 4.08. The molecule has 8 heteroatoms. The van der Waals surface area contributed by atoms with Crippen LogP contribution in [-0.2, 0) is 0 Å². The van der Waals surface area contributed by atoms with Crippen LogP contribution in [0.2, 0.25) is 0 Å². The van der Waals surface area contributed by atoms with Gasteiger partial charge in [0, 0.05) is 22.7 Å². The lowest BCUT2D eigenvalue weighted by molar-refractivity contribution is 0.208. The maximum absolute atomic E-state index is 11.1. The number of aromatic hydroxyl groups is 1. The molecule has 4 aromatic rings. The van der Waals surface area contributed by atoms with Crippen LogP contribution in [0.25, 0.3) is 33.2 Å². The van der Waals surface area contributed by atoms with Crippen LogP contribution in [0.15, 0.2) is 48.7 Å². The number of primary amides is 1. The van der Waals surface area contributed by atoms with Crippen molar-refractivity contribution in [2.45, 2.75) is 6.92 Å². The summed E-state index contributed by atoms with van der Waals surface area (Å²) in [4.78, 5) is 15.2. The van der Waals surface area contributed by atoms with Gasteiger partial charge in [0.25, 0.3) is 0 Å². The molecule has 28 heavy (non-hydrogen) atoms. The van der Waals surface area contributed by atoms with Gasteiger partial charge in [-0.25, -0.2) is 9.78 Å². The number of carbonyl (C=O) groups excluding carboxylic acids is 1. The van der Waals surface area contributed by atoms with Crippen molar-refractivity contribution >= 4 is 22.8 Å². The minimum absolute atomic E-state index is 0.143. The van der Waals surface area contributed by atoms with Gasteiger partial charge in [0.05, 0.1) is 5.52 Å². The average molecular weight is 375 g/mol. The van der Waals surface area contributed by atoms with Crippen molar-refractivity contribution in [1.82, 2.24) is 15.2 Å². The number of ether oxygens (including phenoxy) is 1. The summed E-state index contributed by atoms with van der Waals surface area (Å²) < 4.78 is 4.99. The van der Waals surface area contributed by atoms with E-state index >= 15 is 0 Å². The standard InChI is InChI=1S/C20H17N5O3/c1-10-14(5-6-23-19(10)28-20(22)27)12-8-15(11-3-2-4-13(26)7-11)17-16(9-12)18(21)25-24-17/h2-9,26H,1H3,(H2,22,27)(H3,21,24,25). The first-order valence-electron chi connectivity index (χ1n) is 8.44. The Bertz CT molecular complexity index is 1220. The van der Waals surface area contributed by atoms with E-state index in [1.54, 1.807) is 25.1 Å². The second kappa shape index (κ2) is 6.58. The van der Waals surface area contributed by atoms with E-state index in [9.17, 15) is 9.90 Å². The number of aromatic nitrogens is 3.